The fourth-order valence-corrected chi connectivity index (χ4v) is 3.68. The van der Waals surface area contributed by atoms with Crippen LogP contribution in [0.15, 0.2) is 23.1 Å². The fraction of sp³-hybridized carbons (Fsp3) is 0.500. The van der Waals surface area contributed by atoms with Crippen molar-refractivity contribution in [2.75, 3.05) is 5.75 Å². The molecule has 1 aromatic carbocycles. The first-order valence-corrected chi connectivity index (χ1v) is 7.00. The second-order valence-corrected chi connectivity index (χ2v) is 7.39. The van der Waals surface area contributed by atoms with E-state index in [2.05, 4.69) is 20.8 Å². The average Bonchev–Trinajstić information content (AvgIpc) is 2.36. The van der Waals surface area contributed by atoms with Crippen molar-refractivity contribution < 1.29 is 8.42 Å². The summed E-state index contributed by atoms with van der Waals surface area (Å²) in [4.78, 5) is 0.410. The van der Waals surface area contributed by atoms with Gasteiger partial charge in [0.05, 0.1) is 10.6 Å². The molecule has 88 valence electrons. The van der Waals surface area contributed by atoms with E-state index < -0.39 is 9.84 Å². The zero-order valence-corrected chi connectivity index (χ0v) is 10.6. The van der Waals surface area contributed by atoms with Gasteiger partial charge in [0.1, 0.15) is 0 Å². The summed E-state index contributed by atoms with van der Waals surface area (Å²) < 4.78 is 23.5. The van der Waals surface area contributed by atoms with Gasteiger partial charge in [0, 0.05) is 6.04 Å². The lowest BCUT2D eigenvalue weighted by atomic mass is 9.85. The van der Waals surface area contributed by atoms with Gasteiger partial charge in [-0.1, -0.05) is 32.9 Å². The molecule has 1 unspecified atom stereocenters. The molecule has 0 fully saturated rings. The normalized spacial score (nSPS) is 23.1. The lowest BCUT2D eigenvalue weighted by molar-refractivity contribution is 0.587. The molecule has 0 amide bonds. The van der Waals surface area contributed by atoms with E-state index >= 15 is 0 Å². The minimum absolute atomic E-state index is 0.0150. The van der Waals surface area contributed by atoms with E-state index in [4.69, 9.17) is 5.73 Å². The maximum atomic E-state index is 11.7. The topological polar surface area (TPSA) is 60.2 Å². The Hall–Kier alpha value is -0.870. The molecule has 1 aliphatic heterocycles. The van der Waals surface area contributed by atoms with Gasteiger partial charge in [-0.25, -0.2) is 8.42 Å². The van der Waals surface area contributed by atoms with Crippen LogP contribution in [0.25, 0.3) is 0 Å². The van der Waals surface area contributed by atoms with Crippen molar-refractivity contribution in [1.82, 2.24) is 0 Å². The van der Waals surface area contributed by atoms with E-state index in [-0.39, 0.29) is 17.2 Å². The van der Waals surface area contributed by atoms with Crippen molar-refractivity contribution in [3.8, 4) is 0 Å². The Balaban J connectivity index is 2.62. The Morgan fingerprint density at radius 1 is 1.31 bits per heavy atom. The number of nitrogens with two attached hydrogens (primary N) is 1. The number of rotatable bonds is 0. The first kappa shape index (κ1) is 11.6. The standard InChI is InChI=1S/C12H17NO2S/c1-12(2,3)8-4-5-11-9(6-8)10(13)7-16(11,14)15/h4-6,10H,7,13H2,1-3H3. The Labute approximate surface area is 96.6 Å². The third-order valence-electron chi connectivity index (χ3n) is 3.01. The molecule has 1 heterocycles. The van der Waals surface area contributed by atoms with E-state index in [0.29, 0.717) is 4.90 Å². The maximum Gasteiger partial charge on any atom is 0.180 e. The molecular formula is C12H17NO2S. The average molecular weight is 239 g/mol. The van der Waals surface area contributed by atoms with Gasteiger partial charge in [0.25, 0.3) is 0 Å². The predicted molar refractivity (Wildman–Crippen MR) is 64.1 cm³/mol. The van der Waals surface area contributed by atoms with Crippen molar-refractivity contribution in [2.24, 2.45) is 5.73 Å². The van der Waals surface area contributed by atoms with Crippen LogP contribution in [-0.2, 0) is 15.3 Å². The van der Waals surface area contributed by atoms with Crippen LogP contribution in [0, 0.1) is 0 Å². The molecule has 0 saturated carbocycles. The molecule has 2 rings (SSSR count). The highest BCUT2D eigenvalue weighted by atomic mass is 32.2. The molecule has 1 aliphatic rings. The molecule has 4 heteroatoms. The monoisotopic (exact) mass is 239 g/mol. The summed E-state index contributed by atoms with van der Waals surface area (Å²) >= 11 is 0. The number of sulfone groups is 1. The molecule has 0 bridgehead atoms. The highest BCUT2D eigenvalue weighted by Crippen LogP contribution is 2.35. The Kier molecular flexibility index (Phi) is 2.40. The summed E-state index contributed by atoms with van der Waals surface area (Å²) in [5.74, 6) is 0.0376. The lowest BCUT2D eigenvalue weighted by Crippen LogP contribution is -2.14. The van der Waals surface area contributed by atoms with Gasteiger partial charge in [0.2, 0.25) is 0 Å². The smallest absolute Gasteiger partial charge is 0.180 e. The summed E-state index contributed by atoms with van der Waals surface area (Å²) in [5.41, 5.74) is 7.76. The molecule has 1 aromatic rings. The Bertz CT molecular complexity index is 526. The van der Waals surface area contributed by atoms with Gasteiger partial charge < -0.3 is 5.73 Å². The van der Waals surface area contributed by atoms with Crippen LogP contribution in [0.5, 0.6) is 0 Å². The molecule has 16 heavy (non-hydrogen) atoms. The van der Waals surface area contributed by atoms with Crippen LogP contribution >= 0.6 is 0 Å². The Morgan fingerprint density at radius 3 is 2.50 bits per heavy atom. The lowest BCUT2D eigenvalue weighted by Gasteiger charge is -2.20. The summed E-state index contributed by atoms with van der Waals surface area (Å²) in [6, 6.07) is 5.14. The van der Waals surface area contributed by atoms with Gasteiger partial charge in [-0.3, -0.25) is 0 Å². The highest BCUT2D eigenvalue weighted by Gasteiger charge is 2.33. The van der Waals surface area contributed by atoms with Crippen molar-refractivity contribution >= 4 is 9.84 Å². The zero-order chi connectivity index (χ0) is 12.1. The van der Waals surface area contributed by atoms with Crippen molar-refractivity contribution in [1.29, 1.82) is 0 Å². The van der Waals surface area contributed by atoms with E-state index in [1.54, 1.807) is 6.07 Å². The zero-order valence-electron chi connectivity index (χ0n) is 9.82. The van der Waals surface area contributed by atoms with Gasteiger partial charge in [-0.15, -0.1) is 0 Å². The van der Waals surface area contributed by atoms with Crippen LogP contribution in [0.3, 0.4) is 0 Å². The molecule has 0 radical (unpaired) electrons. The number of fused-ring (bicyclic) bond motifs is 1. The van der Waals surface area contributed by atoms with Crippen LogP contribution in [0.4, 0.5) is 0 Å². The summed E-state index contributed by atoms with van der Waals surface area (Å²) in [7, 11) is -3.14. The van der Waals surface area contributed by atoms with Crippen molar-refractivity contribution in [3.05, 3.63) is 29.3 Å². The number of benzene rings is 1. The predicted octanol–water partition coefficient (Wildman–Crippen LogP) is 1.77. The summed E-state index contributed by atoms with van der Waals surface area (Å²) in [5, 5.41) is 0. The minimum Gasteiger partial charge on any atom is -0.323 e. The second-order valence-electron chi connectivity index (χ2n) is 5.39. The largest absolute Gasteiger partial charge is 0.323 e. The SMILES string of the molecule is CC(C)(C)c1ccc2c(c1)C(N)CS2(=O)=O. The van der Waals surface area contributed by atoms with E-state index in [1.165, 1.54) is 0 Å². The quantitative estimate of drug-likeness (QED) is 0.750. The van der Waals surface area contributed by atoms with Crippen molar-refractivity contribution in [2.45, 2.75) is 37.1 Å². The molecule has 0 aromatic heterocycles. The molecule has 3 nitrogen and oxygen atoms in total. The first-order chi connectivity index (χ1) is 7.22. The molecule has 0 saturated heterocycles. The third kappa shape index (κ3) is 1.76. The van der Waals surface area contributed by atoms with E-state index in [1.807, 2.05) is 12.1 Å². The molecule has 0 spiro atoms. The fourth-order valence-electron chi connectivity index (χ4n) is 2.00. The first-order valence-electron chi connectivity index (χ1n) is 5.34. The van der Waals surface area contributed by atoms with E-state index in [0.717, 1.165) is 11.1 Å². The third-order valence-corrected chi connectivity index (χ3v) is 4.85. The van der Waals surface area contributed by atoms with Gasteiger partial charge in [-0.05, 0) is 22.6 Å². The van der Waals surface area contributed by atoms with Gasteiger partial charge >= 0.3 is 0 Å². The maximum absolute atomic E-state index is 11.7. The number of hydrogen-bond acceptors (Lipinski definition) is 3. The molecule has 0 aliphatic carbocycles. The molecule has 1 atom stereocenters. The molecule has 2 N–H and O–H groups in total. The van der Waals surface area contributed by atoms with Crippen molar-refractivity contribution in [3.63, 3.8) is 0 Å². The van der Waals surface area contributed by atoms with Gasteiger partial charge in [-0.2, -0.15) is 0 Å². The van der Waals surface area contributed by atoms with Crippen LogP contribution in [0.1, 0.15) is 37.9 Å². The van der Waals surface area contributed by atoms with Crippen LogP contribution in [0.2, 0.25) is 0 Å². The summed E-state index contributed by atoms with van der Waals surface area (Å²) in [6.07, 6.45) is 0. The van der Waals surface area contributed by atoms with Crippen LogP contribution < -0.4 is 5.73 Å². The summed E-state index contributed by atoms with van der Waals surface area (Å²) in [6.45, 7) is 6.30. The van der Waals surface area contributed by atoms with Crippen LogP contribution in [-0.4, -0.2) is 14.2 Å². The second kappa shape index (κ2) is 3.31. The molecular weight excluding hydrogens is 222 g/mol. The minimum atomic E-state index is -3.14. The van der Waals surface area contributed by atoms with Gasteiger partial charge in [0.15, 0.2) is 9.84 Å². The van der Waals surface area contributed by atoms with E-state index in [9.17, 15) is 8.42 Å². The number of hydrogen-bond donors (Lipinski definition) is 1. The highest BCUT2D eigenvalue weighted by molar-refractivity contribution is 7.91. The Morgan fingerprint density at radius 2 is 1.94 bits per heavy atom.